The van der Waals surface area contributed by atoms with E-state index in [-0.39, 0.29) is 4.68 Å². The van der Waals surface area contributed by atoms with Crippen molar-refractivity contribution in [1.29, 1.82) is 0 Å². The van der Waals surface area contributed by atoms with Crippen molar-refractivity contribution in [2.24, 2.45) is 6.98 Å². The fourth-order valence-electron chi connectivity index (χ4n) is 0.660. The molecule has 7 heteroatoms. The van der Waals surface area contributed by atoms with Crippen molar-refractivity contribution < 1.29 is 17.3 Å². The molecule has 1 rings (SSSR count). The van der Waals surface area contributed by atoms with Crippen molar-refractivity contribution in [1.82, 2.24) is 9.78 Å². The summed E-state index contributed by atoms with van der Waals surface area (Å²) in [6.07, 6.45) is -4.84. The molecule has 0 fully saturated rings. The monoisotopic (exact) mass is 246 g/mol. The molecule has 1 heterocycles. The fourth-order valence-corrected chi connectivity index (χ4v) is 1.13. The molecular weight excluding hydrogens is 239 g/mol. The SMILES string of the molecule is [2H]C([2H])([2H])n1nc(N)c(Br)c1C(F)(F)F. The summed E-state index contributed by atoms with van der Waals surface area (Å²) >= 11 is 2.55. The maximum absolute atomic E-state index is 12.5. The lowest BCUT2D eigenvalue weighted by Gasteiger charge is -2.05. The number of aromatic nitrogens is 2. The zero-order chi connectivity index (χ0) is 12.0. The molecule has 0 amide bonds. The molecule has 1 aromatic rings. The van der Waals surface area contributed by atoms with Gasteiger partial charge in [-0.3, -0.25) is 4.68 Å². The van der Waals surface area contributed by atoms with Crippen LogP contribution in [-0.4, -0.2) is 9.78 Å². The zero-order valence-electron chi connectivity index (χ0n) is 8.48. The molecule has 0 saturated carbocycles. The van der Waals surface area contributed by atoms with E-state index in [2.05, 4.69) is 21.0 Å². The van der Waals surface area contributed by atoms with Gasteiger partial charge in [-0.05, 0) is 15.9 Å². The molecule has 0 aliphatic rings. The third kappa shape index (κ3) is 1.40. The lowest BCUT2D eigenvalue weighted by atomic mass is 10.4. The van der Waals surface area contributed by atoms with Crippen LogP contribution in [0.1, 0.15) is 9.81 Å². The Morgan fingerprint density at radius 2 is 2.25 bits per heavy atom. The average molecular weight is 247 g/mol. The highest BCUT2D eigenvalue weighted by Crippen LogP contribution is 2.36. The molecule has 1 aromatic heterocycles. The summed E-state index contributed by atoms with van der Waals surface area (Å²) in [6.45, 7) is -3.02. The van der Waals surface area contributed by atoms with Gasteiger partial charge in [-0.25, -0.2) is 0 Å². The highest BCUT2D eigenvalue weighted by Gasteiger charge is 2.38. The molecule has 0 spiro atoms. The normalized spacial score (nSPS) is 16.8. The van der Waals surface area contributed by atoms with Gasteiger partial charge in [0.2, 0.25) is 0 Å². The first-order valence-corrected chi connectivity index (χ1v) is 3.46. The molecule has 2 N–H and O–H groups in total. The lowest BCUT2D eigenvalue weighted by molar-refractivity contribution is -0.144. The molecule has 3 nitrogen and oxygen atoms in total. The van der Waals surface area contributed by atoms with E-state index in [1.165, 1.54) is 0 Å². The van der Waals surface area contributed by atoms with Crippen molar-refractivity contribution in [3.8, 4) is 0 Å². The molecule has 0 unspecified atom stereocenters. The van der Waals surface area contributed by atoms with E-state index in [0.717, 1.165) is 0 Å². The van der Waals surface area contributed by atoms with E-state index < -0.39 is 29.1 Å². The van der Waals surface area contributed by atoms with Crippen LogP contribution in [0.15, 0.2) is 4.47 Å². The summed E-state index contributed by atoms with van der Waals surface area (Å²) in [5.41, 5.74) is 3.69. The van der Waals surface area contributed by atoms with E-state index in [0.29, 0.717) is 0 Å². The third-order valence-electron chi connectivity index (χ3n) is 1.12. The number of halogens is 4. The van der Waals surface area contributed by atoms with Crippen LogP contribution < -0.4 is 5.73 Å². The second-order valence-electron chi connectivity index (χ2n) is 1.96. The number of alkyl halides is 3. The van der Waals surface area contributed by atoms with Gasteiger partial charge >= 0.3 is 6.18 Å². The van der Waals surface area contributed by atoms with Crippen molar-refractivity contribution in [3.05, 3.63) is 10.2 Å². The summed E-state index contributed by atoms with van der Waals surface area (Å²) in [6, 6.07) is 0. The largest absolute Gasteiger partial charge is 0.434 e. The number of anilines is 1. The number of aryl methyl sites for hydroxylation is 1. The first-order valence-electron chi connectivity index (χ1n) is 4.17. The van der Waals surface area contributed by atoms with Gasteiger partial charge in [0.1, 0.15) is 0 Å². The first-order chi connectivity index (χ1) is 6.55. The van der Waals surface area contributed by atoms with Gasteiger partial charge in [-0.1, -0.05) is 0 Å². The Morgan fingerprint density at radius 1 is 1.67 bits per heavy atom. The maximum atomic E-state index is 12.5. The van der Waals surface area contributed by atoms with Gasteiger partial charge in [0.15, 0.2) is 11.5 Å². The highest BCUT2D eigenvalue weighted by atomic mass is 79.9. The number of nitrogen functional groups attached to an aromatic ring is 1. The second kappa shape index (κ2) is 2.65. The van der Waals surface area contributed by atoms with Gasteiger partial charge < -0.3 is 5.73 Å². The topological polar surface area (TPSA) is 43.8 Å². The van der Waals surface area contributed by atoms with Gasteiger partial charge in [-0.15, -0.1) is 0 Å². The van der Waals surface area contributed by atoms with Gasteiger partial charge in [0.25, 0.3) is 0 Å². The Morgan fingerprint density at radius 3 is 2.58 bits per heavy atom. The Kier molecular flexibility index (Phi) is 1.29. The maximum Gasteiger partial charge on any atom is 0.434 e. The summed E-state index contributed by atoms with van der Waals surface area (Å²) in [5, 5.41) is 3.11. The number of nitrogens with zero attached hydrogens (tertiary/aromatic N) is 2. The molecule has 0 radical (unpaired) electrons. The third-order valence-corrected chi connectivity index (χ3v) is 1.90. The van der Waals surface area contributed by atoms with Crippen LogP contribution in [0.5, 0.6) is 0 Å². The second-order valence-corrected chi connectivity index (χ2v) is 2.75. The smallest absolute Gasteiger partial charge is 0.381 e. The number of nitrogens with two attached hydrogens (primary N) is 1. The summed E-state index contributed by atoms with van der Waals surface area (Å²) in [4.78, 5) is 0. The molecule has 0 aromatic carbocycles. The van der Waals surface area contributed by atoms with Crippen LogP contribution in [0, 0.1) is 0 Å². The minimum atomic E-state index is -4.84. The summed E-state index contributed by atoms with van der Waals surface area (Å²) in [5.74, 6) is -0.515. The van der Waals surface area contributed by atoms with Crippen LogP contribution in [-0.2, 0) is 13.2 Å². The fraction of sp³-hybridized carbons (Fsp3) is 0.400. The van der Waals surface area contributed by atoms with Crippen molar-refractivity contribution >= 4 is 21.7 Å². The predicted octanol–water partition coefficient (Wildman–Crippen LogP) is 1.78. The van der Waals surface area contributed by atoms with Gasteiger partial charge in [-0.2, -0.15) is 18.3 Å². The molecule has 12 heavy (non-hydrogen) atoms. The van der Waals surface area contributed by atoms with Crippen molar-refractivity contribution in [2.75, 3.05) is 5.73 Å². The molecule has 0 aliphatic heterocycles. The van der Waals surface area contributed by atoms with E-state index in [1.54, 1.807) is 0 Å². The van der Waals surface area contributed by atoms with Crippen LogP contribution in [0.4, 0.5) is 19.0 Å². The van der Waals surface area contributed by atoms with E-state index in [4.69, 9.17) is 9.85 Å². The molecular formula is C5H5BrF3N3. The summed E-state index contributed by atoms with van der Waals surface area (Å²) in [7, 11) is 0. The van der Waals surface area contributed by atoms with Crippen LogP contribution in [0.3, 0.4) is 0 Å². The van der Waals surface area contributed by atoms with E-state index in [9.17, 15) is 13.2 Å². The molecule has 0 bridgehead atoms. The summed E-state index contributed by atoms with van der Waals surface area (Å²) < 4.78 is 57.3. The number of rotatable bonds is 0. The van der Waals surface area contributed by atoms with E-state index >= 15 is 0 Å². The standard InChI is InChI=1S/C5H5BrF3N3/c1-12-3(5(7,8)9)2(6)4(10)11-12/h1H3,(H2,10,11)/i1D3. The molecule has 0 saturated heterocycles. The molecule has 0 atom stereocenters. The Bertz CT molecular complexity index is 383. The van der Waals surface area contributed by atoms with Crippen LogP contribution in [0.25, 0.3) is 0 Å². The van der Waals surface area contributed by atoms with Crippen LogP contribution in [0.2, 0.25) is 0 Å². The number of hydrogen-bond acceptors (Lipinski definition) is 2. The van der Waals surface area contributed by atoms with Crippen molar-refractivity contribution in [2.45, 2.75) is 6.18 Å². The first kappa shape index (κ1) is 5.85. The minimum Gasteiger partial charge on any atom is -0.381 e. The molecule has 68 valence electrons. The predicted molar refractivity (Wildman–Crippen MR) is 40.3 cm³/mol. The van der Waals surface area contributed by atoms with Crippen molar-refractivity contribution in [3.63, 3.8) is 0 Å². The highest BCUT2D eigenvalue weighted by molar-refractivity contribution is 9.10. The number of hydrogen-bond donors (Lipinski definition) is 1. The Balaban J connectivity index is 3.48. The lowest BCUT2D eigenvalue weighted by Crippen LogP contribution is -2.12. The molecule has 0 aliphatic carbocycles. The van der Waals surface area contributed by atoms with E-state index in [1.807, 2.05) is 0 Å². The Hall–Kier alpha value is -0.720. The zero-order valence-corrected chi connectivity index (χ0v) is 7.07. The van der Waals surface area contributed by atoms with Crippen LogP contribution >= 0.6 is 15.9 Å². The average Bonchev–Trinajstić information content (AvgIpc) is 2.25. The minimum absolute atomic E-state index is 0.119. The quantitative estimate of drug-likeness (QED) is 0.759. The van der Waals surface area contributed by atoms with Gasteiger partial charge in [0.05, 0.1) is 4.47 Å². The Labute approximate surface area is 78.7 Å². The van der Waals surface area contributed by atoms with Gasteiger partial charge in [0, 0.05) is 11.1 Å².